The summed E-state index contributed by atoms with van der Waals surface area (Å²) in [5.41, 5.74) is 3.35. The molecule has 0 aliphatic carbocycles. The highest BCUT2D eigenvalue weighted by molar-refractivity contribution is 6.17. The van der Waals surface area contributed by atoms with Crippen molar-refractivity contribution in [2.75, 3.05) is 0 Å². The first kappa shape index (κ1) is 11.5. The van der Waals surface area contributed by atoms with Crippen LogP contribution in [-0.2, 0) is 12.9 Å². The molecule has 0 spiro atoms. The smallest absolute Gasteiger partial charge is 0.0640 e. The van der Waals surface area contributed by atoms with Crippen molar-refractivity contribution in [3.8, 4) is 0 Å². The van der Waals surface area contributed by atoms with Crippen molar-refractivity contribution in [1.82, 2.24) is 9.78 Å². The van der Waals surface area contributed by atoms with E-state index in [0.29, 0.717) is 5.88 Å². The van der Waals surface area contributed by atoms with Crippen molar-refractivity contribution < 1.29 is 0 Å². The summed E-state index contributed by atoms with van der Waals surface area (Å²) >= 11 is 5.70. The Balaban J connectivity index is 0.000000561. The van der Waals surface area contributed by atoms with Gasteiger partial charge in [0.1, 0.15) is 0 Å². The van der Waals surface area contributed by atoms with Crippen LogP contribution in [0, 0.1) is 13.8 Å². The van der Waals surface area contributed by atoms with Gasteiger partial charge in [0, 0.05) is 18.3 Å². The molecule has 1 aromatic heterocycles. The molecule has 0 bridgehead atoms. The van der Waals surface area contributed by atoms with E-state index in [0.717, 1.165) is 17.0 Å². The number of nitrogens with zero attached hydrogens (tertiary/aromatic N) is 2. The van der Waals surface area contributed by atoms with Crippen LogP contribution in [0.1, 0.15) is 30.8 Å². The number of hydrogen-bond acceptors (Lipinski definition) is 1. The van der Waals surface area contributed by atoms with Crippen LogP contribution < -0.4 is 0 Å². The fraction of sp³-hybridized carbons (Fsp3) is 0.667. The minimum absolute atomic E-state index is 0.561. The highest BCUT2D eigenvalue weighted by atomic mass is 35.5. The molecule has 0 aliphatic heterocycles. The second-order valence-electron chi connectivity index (χ2n) is 2.41. The van der Waals surface area contributed by atoms with E-state index in [1.165, 1.54) is 0 Å². The second kappa shape index (κ2) is 5.20. The van der Waals surface area contributed by atoms with Gasteiger partial charge in [-0.3, -0.25) is 4.68 Å². The van der Waals surface area contributed by atoms with Gasteiger partial charge in [-0.1, -0.05) is 13.8 Å². The summed E-state index contributed by atoms with van der Waals surface area (Å²) in [4.78, 5) is 0. The van der Waals surface area contributed by atoms with Gasteiger partial charge in [-0.2, -0.15) is 5.10 Å². The maximum atomic E-state index is 5.70. The molecule has 2 nitrogen and oxygen atoms in total. The number of halogens is 1. The third kappa shape index (κ3) is 2.24. The summed E-state index contributed by atoms with van der Waals surface area (Å²) in [6.07, 6.45) is 0. The zero-order valence-electron chi connectivity index (χ0n) is 8.48. The Bertz CT molecular complexity index is 241. The Morgan fingerprint density at radius 3 is 2.00 bits per heavy atom. The van der Waals surface area contributed by atoms with E-state index in [1.807, 2.05) is 39.4 Å². The van der Waals surface area contributed by atoms with Gasteiger partial charge in [0.15, 0.2) is 0 Å². The summed E-state index contributed by atoms with van der Waals surface area (Å²) in [6.45, 7) is 8.00. The normalized spacial score (nSPS) is 9.17. The molecule has 3 heteroatoms. The van der Waals surface area contributed by atoms with Crippen LogP contribution in [0.3, 0.4) is 0 Å². The Morgan fingerprint density at radius 1 is 1.33 bits per heavy atom. The molecular formula is C9H17ClN2. The van der Waals surface area contributed by atoms with Gasteiger partial charge in [0.05, 0.1) is 11.6 Å². The van der Waals surface area contributed by atoms with Gasteiger partial charge in [-0.05, 0) is 13.8 Å². The van der Waals surface area contributed by atoms with Crippen LogP contribution in [0.15, 0.2) is 0 Å². The lowest BCUT2D eigenvalue weighted by Gasteiger charge is -1.93. The Morgan fingerprint density at radius 2 is 1.83 bits per heavy atom. The Labute approximate surface area is 79.5 Å². The molecule has 0 aromatic carbocycles. The minimum Gasteiger partial charge on any atom is -0.272 e. The summed E-state index contributed by atoms with van der Waals surface area (Å²) < 4.78 is 1.85. The van der Waals surface area contributed by atoms with E-state index in [2.05, 4.69) is 5.10 Å². The van der Waals surface area contributed by atoms with E-state index in [4.69, 9.17) is 11.6 Å². The molecule has 70 valence electrons. The quantitative estimate of drug-likeness (QED) is 0.620. The molecule has 0 unspecified atom stereocenters. The molecular weight excluding hydrogens is 172 g/mol. The molecule has 0 aliphatic rings. The molecule has 0 saturated carbocycles. The van der Waals surface area contributed by atoms with E-state index >= 15 is 0 Å². The van der Waals surface area contributed by atoms with Crippen LogP contribution >= 0.6 is 11.6 Å². The lowest BCUT2D eigenvalue weighted by molar-refractivity contribution is 0.730. The third-order valence-electron chi connectivity index (χ3n) is 1.79. The minimum atomic E-state index is 0.561. The highest BCUT2D eigenvalue weighted by Crippen LogP contribution is 2.13. The van der Waals surface area contributed by atoms with Crippen molar-refractivity contribution in [3.63, 3.8) is 0 Å². The average molecular weight is 189 g/mol. The maximum absolute atomic E-state index is 5.70. The fourth-order valence-corrected chi connectivity index (χ4v) is 1.40. The van der Waals surface area contributed by atoms with Crippen LogP contribution in [0.4, 0.5) is 0 Å². The number of alkyl halides is 1. The van der Waals surface area contributed by atoms with Gasteiger partial charge in [0.2, 0.25) is 0 Å². The zero-order valence-corrected chi connectivity index (χ0v) is 9.24. The molecule has 0 N–H and O–H groups in total. The molecule has 1 aromatic rings. The highest BCUT2D eigenvalue weighted by Gasteiger charge is 2.06. The second-order valence-corrected chi connectivity index (χ2v) is 2.67. The van der Waals surface area contributed by atoms with E-state index in [1.54, 1.807) is 0 Å². The van der Waals surface area contributed by atoms with Gasteiger partial charge >= 0.3 is 0 Å². The van der Waals surface area contributed by atoms with Crippen molar-refractivity contribution in [2.24, 2.45) is 7.05 Å². The molecule has 0 atom stereocenters. The van der Waals surface area contributed by atoms with Crippen molar-refractivity contribution in [1.29, 1.82) is 0 Å². The average Bonchev–Trinajstić information content (AvgIpc) is 2.31. The molecule has 0 saturated heterocycles. The first-order chi connectivity index (χ1) is 5.66. The summed E-state index contributed by atoms with van der Waals surface area (Å²) in [7, 11) is 1.93. The van der Waals surface area contributed by atoms with E-state index < -0.39 is 0 Å². The predicted octanol–water partition coefficient (Wildman–Crippen LogP) is 2.80. The van der Waals surface area contributed by atoms with E-state index in [9.17, 15) is 0 Å². The van der Waals surface area contributed by atoms with Crippen LogP contribution in [0.25, 0.3) is 0 Å². The van der Waals surface area contributed by atoms with Crippen molar-refractivity contribution in [2.45, 2.75) is 33.6 Å². The zero-order chi connectivity index (χ0) is 9.72. The molecule has 0 amide bonds. The fourth-order valence-electron chi connectivity index (χ4n) is 1.01. The molecule has 1 heterocycles. The monoisotopic (exact) mass is 188 g/mol. The number of aromatic nitrogens is 2. The summed E-state index contributed by atoms with van der Waals surface area (Å²) in [5.74, 6) is 0.561. The summed E-state index contributed by atoms with van der Waals surface area (Å²) in [6, 6.07) is 0. The Hall–Kier alpha value is -0.500. The molecule has 0 fully saturated rings. The third-order valence-corrected chi connectivity index (χ3v) is 2.06. The number of hydrogen-bond donors (Lipinski definition) is 0. The standard InChI is InChI=1S/C7H11ClN2.C2H6/c1-5-7(4-8)6(2)10(3)9-5;1-2/h4H2,1-3H3;1-2H3. The molecule has 1 rings (SSSR count). The largest absolute Gasteiger partial charge is 0.272 e. The van der Waals surface area contributed by atoms with Crippen molar-refractivity contribution in [3.05, 3.63) is 17.0 Å². The summed E-state index contributed by atoms with van der Waals surface area (Å²) in [5, 5.41) is 4.21. The van der Waals surface area contributed by atoms with Crippen LogP contribution in [0.2, 0.25) is 0 Å². The first-order valence-electron chi connectivity index (χ1n) is 4.22. The first-order valence-corrected chi connectivity index (χ1v) is 4.75. The van der Waals surface area contributed by atoms with Crippen LogP contribution in [0.5, 0.6) is 0 Å². The number of rotatable bonds is 1. The van der Waals surface area contributed by atoms with Gasteiger partial charge < -0.3 is 0 Å². The van der Waals surface area contributed by atoms with Gasteiger partial charge in [-0.25, -0.2) is 0 Å². The van der Waals surface area contributed by atoms with E-state index in [-0.39, 0.29) is 0 Å². The Kier molecular flexibility index (Phi) is 4.98. The van der Waals surface area contributed by atoms with Gasteiger partial charge in [-0.15, -0.1) is 11.6 Å². The van der Waals surface area contributed by atoms with Gasteiger partial charge in [0.25, 0.3) is 0 Å². The lowest BCUT2D eigenvalue weighted by atomic mass is 10.2. The SMILES string of the molecule is CC.Cc1nn(C)c(C)c1CCl. The van der Waals surface area contributed by atoms with Crippen molar-refractivity contribution >= 4 is 11.6 Å². The number of aryl methyl sites for hydroxylation is 2. The molecule has 12 heavy (non-hydrogen) atoms. The maximum Gasteiger partial charge on any atom is 0.0640 e. The predicted molar refractivity (Wildman–Crippen MR) is 53.6 cm³/mol. The lowest BCUT2D eigenvalue weighted by Crippen LogP contribution is -1.92. The topological polar surface area (TPSA) is 17.8 Å². The van der Waals surface area contributed by atoms with Crippen LogP contribution in [-0.4, -0.2) is 9.78 Å². The molecule has 0 radical (unpaired) electrons.